The summed E-state index contributed by atoms with van der Waals surface area (Å²) in [5, 5.41) is 19.6. The van der Waals surface area contributed by atoms with Crippen molar-refractivity contribution >= 4 is 5.91 Å². The highest BCUT2D eigenvalue weighted by atomic mass is 16.3. The van der Waals surface area contributed by atoms with Crippen molar-refractivity contribution in [3.63, 3.8) is 0 Å². The van der Waals surface area contributed by atoms with Gasteiger partial charge in [-0.3, -0.25) is 4.79 Å². The van der Waals surface area contributed by atoms with Crippen molar-refractivity contribution in [3.8, 4) is 11.3 Å². The highest BCUT2D eigenvalue weighted by Gasteiger charge is 2.38. The molecule has 0 bridgehead atoms. The van der Waals surface area contributed by atoms with Crippen LogP contribution in [0, 0.1) is 0 Å². The Morgan fingerprint density at radius 2 is 1.86 bits per heavy atom. The fourth-order valence-corrected chi connectivity index (χ4v) is 3.01. The third-order valence-corrected chi connectivity index (χ3v) is 4.37. The molecule has 1 aliphatic rings. The molecular weight excluding hydrogens is 280 g/mol. The Hall–Kier alpha value is -2.11. The van der Waals surface area contributed by atoms with E-state index in [0.29, 0.717) is 18.5 Å². The number of carbonyl (C=O) groups excluding carboxylic acids is 1. The lowest BCUT2D eigenvalue weighted by atomic mass is 10.1. The van der Waals surface area contributed by atoms with E-state index in [1.165, 1.54) is 4.90 Å². The molecule has 116 valence electrons. The Morgan fingerprint density at radius 3 is 2.50 bits per heavy atom. The van der Waals surface area contributed by atoms with Gasteiger partial charge in [0.2, 0.25) is 0 Å². The van der Waals surface area contributed by atoms with Gasteiger partial charge in [-0.2, -0.15) is 0 Å². The predicted octanol–water partition coefficient (Wildman–Crippen LogP) is 1.64. The van der Waals surface area contributed by atoms with Crippen molar-refractivity contribution < 1.29 is 15.0 Å². The predicted molar refractivity (Wildman–Crippen MR) is 83.4 cm³/mol. The molecule has 22 heavy (non-hydrogen) atoms. The first-order valence-electron chi connectivity index (χ1n) is 7.45. The molecule has 0 radical (unpaired) electrons. The fourth-order valence-electron chi connectivity index (χ4n) is 3.01. The first-order valence-corrected chi connectivity index (χ1v) is 7.45. The lowest BCUT2D eigenvalue weighted by Crippen LogP contribution is -2.44. The summed E-state index contributed by atoms with van der Waals surface area (Å²) in [4.78, 5) is 17.2. The van der Waals surface area contributed by atoms with Crippen LogP contribution in [0.25, 0.3) is 11.3 Å². The Balaban J connectivity index is 1.77. The zero-order chi connectivity index (χ0) is 15.7. The Labute approximate surface area is 129 Å². The molecule has 1 amide bonds. The molecule has 1 aromatic carbocycles. The van der Waals surface area contributed by atoms with Gasteiger partial charge in [-0.1, -0.05) is 30.3 Å². The molecule has 0 unspecified atom stereocenters. The number of H-pyrrole nitrogens is 1. The molecule has 5 heteroatoms. The number of aliphatic hydroxyl groups is 2. The van der Waals surface area contributed by atoms with E-state index in [4.69, 9.17) is 0 Å². The van der Waals surface area contributed by atoms with Crippen LogP contribution in [0.2, 0.25) is 0 Å². The van der Waals surface area contributed by atoms with Crippen LogP contribution in [-0.2, 0) is 0 Å². The van der Waals surface area contributed by atoms with Gasteiger partial charge >= 0.3 is 0 Å². The van der Waals surface area contributed by atoms with E-state index in [2.05, 4.69) is 4.98 Å². The second kappa shape index (κ2) is 5.94. The van der Waals surface area contributed by atoms with E-state index < -0.39 is 12.2 Å². The Kier molecular flexibility index (Phi) is 4.00. The van der Waals surface area contributed by atoms with E-state index >= 15 is 0 Å². The highest BCUT2D eigenvalue weighted by Crippen LogP contribution is 2.25. The third kappa shape index (κ3) is 2.65. The van der Waals surface area contributed by atoms with E-state index in [9.17, 15) is 15.0 Å². The fraction of sp³-hybridized carbons (Fsp3) is 0.353. The van der Waals surface area contributed by atoms with Gasteiger partial charge in [0.05, 0.1) is 12.1 Å². The van der Waals surface area contributed by atoms with E-state index in [0.717, 1.165) is 11.3 Å². The summed E-state index contributed by atoms with van der Waals surface area (Å²) in [6.07, 6.45) is -0.499. The maximum absolute atomic E-state index is 12.5. The lowest BCUT2D eigenvalue weighted by Gasteiger charge is -2.27. The molecule has 1 fully saturated rings. The van der Waals surface area contributed by atoms with Crippen LogP contribution >= 0.6 is 0 Å². The van der Waals surface area contributed by atoms with Gasteiger partial charge in [-0.05, 0) is 30.5 Å². The average molecular weight is 300 g/mol. The largest absolute Gasteiger partial charge is 0.390 e. The van der Waals surface area contributed by atoms with Gasteiger partial charge in [0.15, 0.2) is 0 Å². The molecule has 1 saturated carbocycles. The van der Waals surface area contributed by atoms with E-state index in [1.807, 2.05) is 36.4 Å². The van der Waals surface area contributed by atoms with E-state index in [1.54, 1.807) is 13.1 Å². The van der Waals surface area contributed by atoms with Crippen LogP contribution in [-0.4, -0.2) is 51.3 Å². The van der Waals surface area contributed by atoms with Crippen molar-refractivity contribution in [2.75, 3.05) is 7.05 Å². The topological polar surface area (TPSA) is 76.6 Å². The van der Waals surface area contributed by atoms with Crippen LogP contribution in [0.1, 0.15) is 23.3 Å². The van der Waals surface area contributed by atoms with Crippen molar-refractivity contribution in [1.29, 1.82) is 0 Å². The number of aliphatic hydroxyl groups excluding tert-OH is 2. The Morgan fingerprint density at radius 1 is 1.14 bits per heavy atom. The number of amides is 1. The summed E-state index contributed by atoms with van der Waals surface area (Å²) in [6.45, 7) is 0. The molecule has 5 nitrogen and oxygen atoms in total. The third-order valence-electron chi connectivity index (χ3n) is 4.37. The van der Waals surface area contributed by atoms with Gasteiger partial charge in [0, 0.05) is 12.7 Å². The minimum atomic E-state index is -0.877. The number of aromatic amines is 1. The zero-order valence-electron chi connectivity index (χ0n) is 12.4. The van der Waals surface area contributed by atoms with E-state index in [-0.39, 0.29) is 11.9 Å². The smallest absolute Gasteiger partial charge is 0.270 e. The lowest BCUT2D eigenvalue weighted by molar-refractivity contribution is 0.00644. The van der Waals surface area contributed by atoms with Crippen LogP contribution in [0.4, 0.5) is 0 Å². The highest BCUT2D eigenvalue weighted by molar-refractivity contribution is 5.93. The number of hydrogen-bond acceptors (Lipinski definition) is 3. The second-order valence-electron chi connectivity index (χ2n) is 5.77. The molecule has 3 atom stereocenters. The average Bonchev–Trinajstić information content (AvgIpc) is 3.15. The number of hydrogen-bond donors (Lipinski definition) is 3. The van der Waals surface area contributed by atoms with Crippen molar-refractivity contribution in [3.05, 3.63) is 48.2 Å². The number of aromatic nitrogens is 1. The zero-order valence-corrected chi connectivity index (χ0v) is 12.4. The molecule has 1 aliphatic carbocycles. The van der Waals surface area contributed by atoms with Crippen LogP contribution < -0.4 is 0 Å². The first-order chi connectivity index (χ1) is 10.6. The van der Waals surface area contributed by atoms with Gasteiger partial charge in [-0.25, -0.2) is 0 Å². The van der Waals surface area contributed by atoms with Crippen molar-refractivity contribution in [2.45, 2.75) is 31.1 Å². The molecule has 0 saturated heterocycles. The summed E-state index contributed by atoms with van der Waals surface area (Å²) < 4.78 is 0. The summed E-state index contributed by atoms with van der Waals surface area (Å²) in [5.74, 6) is -0.180. The van der Waals surface area contributed by atoms with Gasteiger partial charge in [0.1, 0.15) is 11.8 Å². The summed E-state index contributed by atoms with van der Waals surface area (Å²) in [5.41, 5.74) is 2.37. The van der Waals surface area contributed by atoms with Crippen molar-refractivity contribution in [1.82, 2.24) is 9.88 Å². The quantitative estimate of drug-likeness (QED) is 0.806. The monoisotopic (exact) mass is 300 g/mol. The molecule has 1 aromatic heterocycles. The van der Waals surface area contributed by atoms with Crippen LogP contribution in [0.3, 0.4) is 0 Å². The summed E-state index contributed by atoms with van der Waals surface area (Å²) in [6, 6.07) is 13.1. The molecule has 0 spiro atoms. The number of carbonyl (C=O) groups is 1. The number of nitrogens with zero attached hydrogens (tertiary/aromatic N) is 1. The van der Waals surface area contributed by atoms with Gasteiger partial charge in [-0.15, -0.1) is 0 Å². The van der Waals surface area contributed by atoms with Crippen molar-refractivity contribution in [2.24, 2.45) is 0 Å². The number of rotatable bonds is 3. The molecule has 3 N–H and O–H groups in total. The van der Waals surface area contributed by atoms with Gasteiger partial charge < -0.3 is 20.1 Å². The first kappa shape index (κ1) is 14.8. The molecule has 0 aliphatic heterocycles. The maximum Gasteiger partial charge on any atom is 0.270 e. The van der Waals surface area contributed by atoms with Crippen LogP contribution in [0.5, 0.6) is 0 Å². The SMILES string of the molecule is CN(C(=O)c1ccc(-c2ccccc2)[nH]1)[C@@H]1CC[C@@H](O)[C@@H]1O. The summed E-state index contributed by atoms with van der Waals surface area (Å²) in [7, 11) is 1.66. The maximum atomic E-state index is 12.5. The number of nitrogens with one attached hydrogen (secondary N) is 1. The summed E-state index contributed by atoms with van der Waals surface area (Å²) >= 11 is 0. The van der Waals surface area contributed by atoms with Gasteiger partial charge in [0.25, 0.3) is 5.91 Å². The molecule has 2 aromatic rings. The number of likely N-dealkylation sites (N-methyl/N-ethyl adjacent to an activating group) is 1. The molecule has 1 heterocycles. The normalized spacial score (nSPS) is 24.4. The minimum Gasteiger partial charge on any atom is -0.390 e. The minimum absolute atomic E-state index is 0.180. The van der Waals surface area contributed by atoms with Crippen LogP contribution in [0.15, 0.2) is 42.5 Å². The number of benzene rings is 1. The molecule has 3 rings (SSSR count). The molecular formula is C17H20N2O3. The standard InChI is InChI=1S/C17H20N2O3/c1-19(14-9-10-15(20)16(14)21)17(22)13-8-7-12(18-13)11-5-3-2-4-6-11/h2-8,14-16,18,20-21H,9-10H2,1H3/t14-,15-,16-/m1/s1. The Bertz CT molecular complexity index is 653. The second-order valence-corrected chi connectivity index (χ2v) is 5.77.